The zero-order chi connectivity index (χ0) is 23.3. The van der Waals surface area contributed by atoms with Gasteiger partial charge in [0, 0.05) is 28.8 Å². The molecular formula is C23H22BrClN2O4S. The fraction of sp³-hybridized carbons (Fsp3) is 0.174. The first-order valence-corrected chi connectivity index (χ1v) is 12.2. The van der Waals surface area contributed by atoms with Crippen LogP contribution in [0.1, 0.15) is 5.56 Å². The van der Waals surface area contributed by atoms with Crippen LogP contribution in [0.5, 0.6) is 5.75 Å². The van der Waals surface area contributed by atoms with E-state index in [1.54, 1.807) is 74.8 Å². The summed E-state index contributed by atoms with van der Waals surface area (Å²) in [4.78, 5) is 14.6. The van der Waals surface area contributed by atoms with Crippen LogP contribution < -0.4 is 9.64 Å². The number of carbonyl (C=O) groups excluding carboxylic acids is 1. The number of nitrogens with zero attached hydrogens (tertiary/aromatic N) is 2. The molecule has 1 amide bonds. The standard InChI is InChI=1S/C23H22BrClN2O4S/c1-26(20-9-11-21(31-2)12-10-20)23(28)16-27(15-17-3-7-19(25)8-4-17)32(29,30)22-13-5-18(24)6-14-22/h3-14H,15-16H2,1-2H3. The first-order chi connectivity index (χ1) is 15.2. The van der Waals surface area contributed by atoms with Crippen molar-refractivity contribution in [1.82, 2.24) is 4.31 Å². The second-order valence-electron chi connectivity index (χ2n) is 7.00. The van der Waals surface area contributed by atoms with Gasteiger partial charge in [0.1, 0.15) is 5.75 Å². The molecule has 0 fully saturated rings. The normalized spacial score (nSPS) is 11.4. The second-order valence-corrected chi connectivity index (χ2v) is 10.3. The quantitative estimate of drug-likeness (QED) is 0.407. The largest absolute Gasteiger partial charge is 0.497 e. The molecule has 0 aliphatic rings. The lowest BCUT2D eigenvalue weighted by Crippen LogP contribution is -2.41. The molecule has 6 nitrogen and oxygen atoms in total. The maximum atomic E-state index is 13.4. The molecule has 0 atom stereocenters. The third-order valence-electron chi connectivity index (χ3n) is 4.87. The molecule has 3 aromatic rings. The highest BCUT2D eigenvalue weighted by atomic mass is 79.9. The Hall–Kier alpha value is -2.39. The van der Waals surface area contributed by atoms with Gasteiger partial charge in [0.15, 0.2) is 0 Å². The van der Waals surface area contributed by atoms with Gasteiger partial charge in [0.05, 0.1) is 18.6 Å². The average Bonchev–Trinajstić information content (AvgIpc) is 2.79. The molecule has 0 radical (unpaired) electrons. The van der Waals surface area contributed by atoms with E-state index in [1.807, 2.05) is 0 Å². The number of anilines is 1. The Morgan fingerprint density at radius 1 is 0.969 bits per heavy atom. The van der Waals surface area contributed by atoms with Crippen molar-refractivity contribution in [2.75, 3.05) is 25.6 Å². The molecule has 0 bridgehead atoms. The number of benzene rings is 3. The van der Waals surface area contributed by atoms with Crippen molar-refractivity contribution in [1.29, 1.82) is 0 Å². The summed E-state index contributed by atoms with van der Waals surface area (Å²) >= 11 is 9.27. The SMILES string of the molecule is COc1ccc(N(C)C(=O)CN(Cc2ccc(Cl)cc2)S(=O)(=O)c2ccc(Br)cc2)cc1. The molecule has 0 N–H and O–H groups in total. The summed E-state index contributed by atoms with van der Waals surface area (Å²) in [5.41, 5.74) is 1.35. The summed E-state index contributed by atoms with van der Waals surface area (Å²) in [5.74, 6) is 0.293. The predicted octanol–water partition coefficient (Wildman–Crippen LogP) is 4.97. The highest BCUT2D eigenvalue weighted by Gasteiger charge is 2.28. The number of likely N-dealkylation sites (N-methyl/N-ethyl adjacent to an activating group) is 1. The van der Waals surface area contributed by atoms with Crippen molar-refractivity contribution in [2.45, 2.75) is 11.4 Å². The zero-order valence-corrected chi connectivity index (χ0v) is 20.7. The van der Waals surface area contributed by atoms with E-state index in [4.69, 9.17) is 16.3 Å². The van der Waals surface area contributed by atoms with Crippen molar-refractivity contribution < 1.29 is 17.9 Å². The number of hydrogen-bond donors (Lipinski definition) is 0. The number of sulfonamides is 1. The zero-order valence-electron chi connectivity index (χ0n) is 17.5. The van der Waals surface area contributed by atoms with Crippen LogP contribution in [-0.4, -0.2) is 39.3 Å². The number of ether oxygens (including phenoxy) is 1. The van der Waals surface area contributed by atoms with Gasteiger partial charge >= 0.3 is 0 Å². The summed E-state index contributed by atoms with van der Waals surface area (Å²) in [6.07, 6.45) is 0. The molecule has 0 heterocycles. The summed E-state index contributed by atoms with van der Waals surface area (Å²) in [5, 5.41) is 0.548. The molecule has 32 heavy (non-hydrogen) atoms. The van der Waals surface area contributed by atoms with Gasteiger partial charge < -0.3 is 9.64 Å². The summed E-state index contributed by atoms with van der Waals surface area (Å²) in [7, 11) is -0.767. The monoisotopic (exact) mass is 536 g/mol. The Bertz CT molecular complexity index is 1170. The van der Waals surface area contributed by atoms with Gasteiger partial charge in [0.25, 0.3) is 0 Å². The second kappa shape index (κ2) is 10.5. The van der Waals surface area contributed by atoms with Gasteiger partial charge in [-0.1, -0.05) is 39.7 Å². The molecule has 168 valence electrons. The number of methoxy groups -OCH3 is 1. The molecule has 9 heteroatoms. The van der Waals surface area contributed by atoms with E-state index in [9.17, 15) is 13.2 Å². The molecule has 0 unspecified atom stereocenters. The van der Waals surface area contributed by atoms with E-state index in [0.29, 0.717) is 16.5 Å². The lowest BCUT2D eigenvalue weighted by molar-refractivity contribution is -0.118. The molecule has 0 aromatic heterocycles. The smallest absolute Gasteiger partial charge is 0.243 e. The molecule has 3 rings (SSSR count). The van der Waals surface area contributed by atoms with Crippen LogP contribution in [0.2, 0.25) is 5.02 Å². The highest BCUT2D eigenvalue weighted by Crippen LogP contribution is 2.23. The van der Waals surface area contributed by atoms with E-state index in [2.05, 4.69) is 15.9 Å². The van der Waals surface area contributed by atoms with Gasteiger partial charge in [-0.3, -0.25) is 4.79 Å². The van der Waals surface area contributed by atoms with E-state index in [1.165, 1.54) is 21.3 Å². The van der Waals surface area contributed by atoms with Crippen molar-refractivity contribution >= 4 is 49.1 Å². The Balaban J connectivity index is 1.89. The van der Waals surface area contributed by atoms with E-state index < -0.39 is 10.0 Å². The van der Waals surface area contributed by atoms with Crippen molar-refractivity contribution in [3.8, 4) is 5.75 Å². The summed E-state index contributed by atoms with van der Waals surface area (Å²) < 4.78 is 33.9. The molecule has 0 aliphatic heterocycles. The molecule has 0 saturated carbocycles. The molecule has 0 aliphatic carbocycles. The summed E-state index contributed by atoms with van der Waals surface area (Å²) in [6.45, 7) is -0.304. The van der Waals surface area contributed by atoms with Crippen LogP contribution in [-0.2, 0) is 21.4 Å². The molecule has 0 spiro atoms. The number of amides is 1. The number of carbonyl (C=O) groups is 1. The van der Waals surface area contributed by atoms with Crippen LogP contribution in [0.15, 0.2) is 82.2 Å². The predicted molar refractivity (Wildman–Crippen MR) is 130 cm³/mol. The fourth-order valence-corrected chi connectivity index (χ4v) is 4.75. The van der Waals surface area contributed by atoms with Crippen LogP contribution in [0, 0.1) is 0 Å². The molecule has 0 saturated heterocycles. The third kappa shape index (κ3) is 5.89. The van der Waals surface area contributed by atoms with Crippen LogP contribution in [0.25, 0.3) is 0 Å². The Morgan fingerprint density at radius 2 is 1.56 bits per heavy atom. The lowest BCUT2D eigenvalue weighted by atomic mass is 10.2. The number of halogens is 2. The van der Waals surface area contributed by atoms with Crippen molar-refractivity contribution in [3.63, 3.8) is 0 Å². The Kier molecular flexibility index (Phi) is 7.95. The summed E-state index contributed by atoms with van der Waals surface area (Å²) in [6, 6.07) is 20.1. The minimum atomic E-state index is -3.94. The lowest BCUT2D eigenvalue weighted by Gasteiger charge is -2.25. The maximum Gasteiger partial charge on any atom is 0.243 e. The first kappa shape index (κ1) is 24.3. The fourth-order valence-electron chi connectivity index (χ4n) is 2.98. The van der Waals surface area contributed by atoms with Crippen molar-refractivity contribution in [2.24, 2.45) is 0 Å². The van der Waals surface area contributed by atoms with Gasteiger partial charge in [-0.15, -0.1) is 0 Å². The third-order valence-corrected chi connectivity index (χ3v) is 7.46. The van der Waals surface area contributed by atoms with Crippen LogP contribution in [0.3, 0.4) is 0 Å². The van der Waals surface area contributed by atoms with Gasteiger partial charge in [0.2, 0.25) is 15.9 Å². The topological polar surface area (TPSA) is 66.9 Å². The van der Waals surface area contributed by atoms with Gasteiger partial charge in [-0.05, 0) is 66.2 Å². The average molecular weight is 538 g/mol. The number of hydrogen-bond acceptors (Lipinski definition) is 4. The van der Waals surface area contributed by atoms with E-state index in [0.717, 1.165) is 10.0 Å². The van der Waals surface area contributed by atoms with Gasteiger partial charge in [-0.2, -0.15) is 4.31 Å². The van der Waals surface area contributed by atoms with E-state index >= 15 is 0 Å². The molecular weight excluding hydrogens is 516 g/mol. The highest BCUT2D eigenvalue weighted by molar-refractivity contribution is 9.10. The maximum absolute atomic E-state index is 13.4. The van der Waals surface area contributed by atoms with Crippen LogP contribution in [0.4, 0.5) is 5.69 Å². The molecule has 3 aromatic carbocycles. The van der Waals surface area contributed by atoms with Crippen molar-refractivity contribution in [3.05, 3.63) is 87.9 Å². The van der Waals surface area contributed by atoms with E-state index in [-0.39, 0.29) is 23.9 Å². The minimum absolute atomic E-state index is 0.0256. The number of rotatable bonds is 8. The van der Waals surface area contributed by atoms with Gasteiger partial charge in [-0.25, -0.2) is 8.42 Å². The minimum Gasteiger partial charge on any atom is -0.497 e. The van der Waals surface area contributed by atoms with Crippen LogP contribution >= 0.6 is 27.5 Å². The Labute approximate surface area is 201 Å². The Morgan fingerprint density at radius 3 is 2.12 bits per heavy atom. The first-order valence-electron chi connectivity index (χ1n) is 9.61.